The van der Waals surface area contributed by atoms with Crippen molar-refractivity contribution in [2.45, 2.75) is 33.0 Å². The maximum Gasteiger partial charge on any atom is 0.217 e. The molecule has 0 unspecified atom stereocenters. The largest absolute Gasteiger partial charge is 0.369 e. The molecule has 1 atom stereocenters. The number of aromatic amines is 1. The van der Waals surface area contributed by atoms with Gasteiger partial charge in [-0.3, -0.25) is 9.69 Å². The number of fused-ring (bicyclic) bond motifs is 2. The molecule has 4 aromatic rings. The smallest absolute Gasteiger partial charge is 0.217 e. The number of carbonyl (C=O) groups is 1. The molecule has 1 aromatic carbocycles. The minimum absolute atomic E-state index is 0.0750. The zero-order valence-electron chi connectivity index (χ0n) is 17.8. The predicted molar refractivity (Wildman–Crippen MR) is 118 cm³/mol. The van der Waals surface area contributed by atoms with Crippen LogP contribution in [0.5, 0.6) is 0 Å². The number of benzene rings is 1. The zero-order chi connectivity index (χ0) is 21.4. The Balaban J connectivity index is 1.43. The summed E-state index contributed by atoms with van der Waals surface area (Å²) in [6.45, 7) is 6.98. The number of hydrogen-bond donors (Lipinski definition) is 2. The summed E-state index contributed by atoms with van der Waals surface area (Å²) in [6, 6.07) is 10.6. The van der Waals surface area contributed by atoms with E-state index in [0.29, 0.717) is 13.2 Å². The molecule has 1 fully saturated rings. The van der Waals surface area contributed by atoms with Crippen molar-refractivity contribution in [2.24, 2.45) is 0 Å². The molecule has 0 spiro atoms. The maximum atomic E-state index is 11.5. The topological polar surface area (TPSA) is 87.6 Å². The molecule has 1 aliphatic heterocycles. The highest BCUT2D eigenvalue weighted by Crippen LogP contribution is 2.27. The van der Waals surface area contributed by atoms with Gasteiger partial charge in [0.1, 0.15) is 6.10 Å². The van der Waals surface area contributed by atoms with Gasteiger partial charge < -0.3 is 15.0 Å². The molecule has 5 rings (SSSR count). The standard InChI is InChI=1S/C23H26N6O2/c1-15-9-22-26-12-19(11-25-16(2)30)23(29(22)27-15)21-14-28(7-8-31-21)13-17-3-4-20-18(10-17)5-6-24-20/h3-6,9-10,12,21,24H,7-8,11,13-14H2,1-2H3,(H,25,30)/t21-/m0/s1. The van der Waals surface area contributed by atoms with E-state index in [4.69, 9.17) is 4.74 Å². The van der Waals surface area contributed by atoms with Gasteiger partial charge in [-0.15, -0.1) is 0 Å². The molecule has 1 amide bonds. The van der Waals surface area contributed by atoms with Crippen molar-refractivity contribution in [2.75, 3.05) is 19.7 Å². The van der Waals surface area contributed by atoms with Gasteiger partial charge in [0.05, 0.1) is 18.0 Å². The SMILES string of the molecule is CC(=O)NCc1cnc2cc(C)nn2c1[C@@H]1CN(Cc2ccc3[nH]ccc3c2)CCO1. The fourth-order valence-corrected chi connectivity index (χ4v) is 4.27. The van der Waals surface area contributed by atoms with Crippen LogP contribution in [0.4, 0.5) is 0 Å². The molecule has 2 N–H and O–H groups in total. The minimum Gasteiger partial charge on any atom is -0.369 e. The molecule has 1 saturated heterocycles. The third kappa shape index (κ3) is 4.04. The third-order valence-corrected chi connectivity index (χ3v) is 5.73. The molecular weight excluding hydrogens is 392 g/mol. The summed E-state index contributed by atoms with van der Waals surface area (Å²) in [5, 5.41) is 8.76. The first-order chi connectivity index (χ1) is 15.1. The Morgan fingerprint density at radius 3 is 3.10 bits per heavy atom. The summed E-state index contributed by atoms with van der Waals surface area (Å²) in [4.78, 5) is 21.7. The van der Waals surface area contributed by atoms with E-state index in [1.54, 1.807) is 0 Å². The lowest BCUT2D eigenvalue weighted by atomic mass is 10.1. The molecule has 4 heterocycles. The average molecular weight is 419 g/mol. The molecule has 0 aliphatic carbocycles. The van der Waals surface area contributed by atoms with E-state index < -0.39 is 0 Å². The second-order valence-electron chi connectivity index (χ2n) is 8.13. The van der Waals surface area contributed by atoms with Gasteiger partial charge in [0.15, 0.2) is 5.65 Å². The second-order valence-corrected chi connectivity index (χ2v) is 8.13. The predicted octanol–water partition coefficient (Wildman–Crippen LogP) is 2.73. The van der Waals surface area contributed by atoms with Gasteiger partial charge in [-0.25, -0.2) is 9.50 Å². The number of ether oxygens (including phenoxy) is 1. The number of hydrogen-bond acceptors (Lipinski definition) is 5. The summed E-state index contributed by atoms with van der Waals surface area (Å²) >= 11 is 0. The van der Waals surface area contributed by atoms with Crippen LogP contribution in [0.25, 0.3) is 16.6 Å². The number of H-pyrrole nitrogens is 1. The molecule has 8 heteroatoms. The summed E-state index contributed by atoms with van der Waals surface area (Å²) in [7, 11) is 0. The first-order valence-electron chi connectivity index (χ1n) is 10.6. The van der Waals surface area contributed by atoms with Gasteiger partial charge in [0, 0.05) is 62.6 Å². The van der Waals surface area contributed by atoms with Gasteiger partial charge in [-0.1, -0.05) is 6.07 Å². The van der Waals surface area contributed by atoms with Crippen LogP contribution in [0, 0.1) is 6.92 Å². The van der Waals surface area contributed by atoms with Gasteiger partial charge in [0.2, 0.25) is 5.91 Å². The van der Waals surface area contributed by atoms with Crippen molar-refractivity contribution >= 4 is 22.5 Å². The van der Waals surface area contributed by atoms with Crippen molar-refractivity contribution in [3.63, 3.8) is 0 Å². The van der Waals surface area contributed by atoms with E-state index in [1.165, 1.54) is 17.9 Å². The highest BCUT2D eigenvalue weighted by molar-refractivity contribution is 5.79. The Hall–Kier alpha value is -3.23. The normalized spacial score (nSPS) is 17.4. The fraction of sp³-hybridized carbons (Fsp3) is 0.348. The molecule has 1 aliphatic rings. The number of rotatable bonds is 5. The molecule has 160 valence electrons. The fourth-order valence-electron chi connectivity index (χ4n) is 4.27. The summed E-state index contributed by atoms with van der Waals surface area (Å²) in [6.07, 6.45) is 3.64. The van der Waals surface area contributed by atoms with Crippen molar-refractivity contribution in [1.82, 2.24) is 29.8 Å². The van der Waals surface area contributed by atoms with Crippen molar-refractivity contribution in [3.05, 3.63) is 65.2 Å². The highest BCUT2D eigenvalue weighted by atomic mass is 16.5. The number of aryl methyl sites for hydroxylation is 1. The molecule has 8 nitrogen and oxygen atoms in total. The van der Waals surface area contributed by atoms with E-state index >= 15 is 0 Å². The minimum atomic E-state index is -0.154. The molecule has 0 radical (unpaired) electrons. The summed E-state index contributed by atoms with van der Waals surface area (Å²) in [5.74, 6) is -0.0750. The number of nitrogens with one attached hydrogen (secondary N) is 2. The van der Waals surface area contributed by atoms with Crippen LogP contribution in [0.1, 0.15) is 35.5 Å². The molecule has 3 aromatic heterocycles. The van der Waals surface area contributed by atoms with Crippen LogP contribution in [-0.4, -0.2) is 50.1 Å². The number of carbonyl (C=O) groups excluding carboxylic acids is 1. The highest BCUT2D eigenvalue weighted by Gasteiger charge is 2.27. The van der Waals surface area contributed by atoms with Crippen LogP contribution in [-0.2, 0) is 22.6 Å². The Morgan fingerprint density at radius 2 is 2.23 bits per heavy atom. The van der Waals surface area contributed by atoms with Gasteiger partial charge in [-0.05, 0) is 36.1 Å². The lowest BCUT2D eigenvalue weighted by Crippen LogP contribution is -2.39. The summed E-state index contributed by atoms with van der Waals surface area (Å²) in [5.41, 5.74) is 6.00. The van der Waals surface area contributed by atoms with Crippen LogP contribution in [0.15, 0.2) is 42.7 Å². The molecule has 0 saturated carbocycles. The number of aromatic nitrogens is 4. The summed E-state index contributed by atoms with van der Waals surface area (Å²) < 4.78 is 8.07. The Bertz CT molecular complexity index is 1240. The van der Waals surface area contributed by atoms with E-state index in [2.05, 4.69) is 49.5 Å². The van der Waals surface area contributed by atoms with Crippen molar-refractivity contribution in [3.8, 4) is 0 Å². The van der Waals surface area contributed by atoms with E-state index in [9.17, 15) is 4.79 Å². The lowest BCUT2D eigenvalue weighted by Gasteiger charge is -2.34. The molecular formula is C23H26N6O2. The van der Waals surface area contributed by atoms with E-state index in [1.807, 2.05) is 29.9 Å². The van der Waals surface area contributed by atoms with Crippen LogP contribution >= 0.6 is 0 Å². The monoisotopic (exact) mass is 418 g/mol. The average Bonchev–Trinajstić information content (AvgIpc) is 3.37. The van der Waals surface area contributed by atoms with Gasteiger partial charge in [0.25, 0.3) is 0 Å². The van der Waals surface area contributed by atoms with Crippen LogP contribution in [0.2, 0.25) is 0 Å². The third-order valence-electron chi connectivity index (χ3n) is 5.73. The van der Waals surface area contributed by atoms with E-state index in [0.717, 1.165) is 47.7 Å². The van der Waals surface area contributed by atoms with Crippen LogP contribution in [0.3, 0.4) is 0 Å². The Kier molecular flexibility index (Phi) is 5.17. The van der Waals surface area contributed by atoms with Crippen molar-refractivity contribution in [1.29, 1.82) is 0 Å². The molecule has 31 heavy (non-hydrogen) atoms. The molecule has 0 bridgehead atoms. The van der Waals surface area contributed by atoms with Gasteiger partial charge in [-0.2, -0.15) is 5.10 Å². The first-order valence-corrected chi connectivity index (χ1v) is 10.6. The zero-order valence-corrected chi connectivity index (χ0v) is 17.8. The quantitative estimate of drug-likeness (QED) is 0.520. The number of morpholine rings is 1. The number of nitrogens with zero attached hydrogens (tertiary/aromatic N) is 4. The van der Waals surface area contributed by atoms with Crippen LogP contribution < -0.4 is 5.32 Å². The second kappa shape index (κ2) is 8.13. The van der Waals surface area contributed by atoms with E-state index in [-0.39, 0.29) is 12.0 Å². The Labute approximate surface area is 180 Å². The van der Waals surface area contributed by atoms with Gasteiger partial charge >= 0.3 is 0 Å². The maximum absolute atomic E-state index is 11.5. The first kappa shape index (κ1) is 19.7. The Morgan fingerprint density at radius 1 is 1.32 bits per heavy atom. The number of amides is 1. The van der Waals surface area contributed by atoms with Crippen molar-refractivity contribution < 1.29 is 9.53 Å². The lowest BCUT2D eigenvalue weighted by molar-refractivity contribution is -0.119.